The Hall–Kier alpha value is -1.29. The van der Waals surface area contributed by atoms with Crippen LogP contribution in [0.3, 0.4) is 0 Å². The van der Waals surface area contributed by atoms with Gasteiger partial charge in [0, 0.05) is 5.02 Å². The second-order valence-electron chi connectivity index (χ2n) is 8.25. The predicted molar refractivity (Wildman–Crippen MR) is 120 cm³/mol. The molecule has 0 aromatic heterocycles. The molecule has 0 amide bonds. The number of rotatable bonds is 5. The summed E-state index contributed by atoms with van der Waals surface area (Å²) in [5.41, 5.74) is 0.946. The molecule has 162 valence electrons. The van der Waals surface area contributed by atoms with Crippen LogP contribution in [-0.2, 0) is 25.9 Å². The first-order valence-electron chi connectivity index (χ1n) is 9.36. The van der Waals surface area contributed by atoms with E-state index in [2.05, 4.69) is 4.72 Å². The summed E-state index contributed by atoms with van der Waals surface area (Å²) in [6, 6.07) is 7.88. The molecule has 1 aliphatic heterocycles. The van der Waals surface area contributed by atoms with E-state index < -0.39 is 35.0 Å². The molecule has 0 spiro atoms. The van der Waals surface area contributed by atoms with Gasteiger partial charge >= 0.3 is 7.12 Å². The van der Waals surface area contributed by atoms with Crippen LogP contribution in [-0.4, -0.2) is 31.8 Å². The molecule has 2 N–H and O–H groups in total. The van der Waals surface area contributed by atoms with Gasteiger partial charge in [-0.2, -0.15) is 0 Å². The van der Waals surface area contributed by atoms with Gasteiger partial charge < -0.3 is 14.4 Å². The highest BCUT2D eigenvalue weighted by atomic mass is 35.5. The Labute approximate surface area is 187 Å². The summed E-state index contributed by atoms with van der Waals surface area (Å²) in [7, 11) is -4.70. The van der Waals surface area contributed by atoms with E-state index in [-0.39, 0.29) is 20.5 Å². The van der Waals surface area contributed by atoms with Crippen molar-refractivity contribution >= 4 is 51.5 Å². The van der Waals surface area contributed by atoms with Crippen LogP contribution in [0.2, 0.25) is 10.0 Å². The average molecular weight is 472 g/mol. The number of aliphatic hydroxyl groups excluding tert-OH is 1. The van der Waals surface area contributed by atoms with Crippen LogP contribution in [0.15, 0.2) is 35.2 Å². The first-order chi connectivity index (χ1) is 13.8. The van der Waals surface area contributed by atoms with E-state index in [0.29, 0.717) is 11.3 Å². The fourth-order valence-electron chi connectivity index (χ4n) is 3.12. The maximum Gasteiger partial charge on any atom is 0.495 e. The number of aliphatic hydroxyl groups is 1. The Morgan fingerprint density at radius 3 is 2.27 bits per heavy atom. The molecule has 1 saturated heterocycles. The fraction of sp³-hybridized carbons (Fsp3) is 0.400. The van der Waals surface area contributed by atoms with Crippen molar-refractivity contribution in [1.29, 1.82) is 0 Å². The van der Waals surface area contributed by atoms with Crippen LogP contribution >= 0.6 is 23.2 Å². The Bertz CT molecular complexity index is 1070. The van der Waals surface area contributed by atoms with Crippen molar-refractivity contribution in [3.8, 4) is 0 Å². The minimum absolute atomic E-state index is 0.0748. The Balaban J connectivity index is 1.98. The molecule has 0 aliphatic carbocycles. The lowest BCUT2D eigenvalue weighted by molar-refractivity contribution is 0.00578. The minimum atomic E-state index is -4.07. The van der Waals surface area contributed by atoms with Crippen LogP contribution < -0.4 is 10.2 Å². The normalized spacial score (nSPS) is 17.9. The molecular weight excluding hydrogens is 448 g/mol. The summed E-state index contributed by atoms with van der Waals surface area (Å²) in [6.45, 7) is 9.17. The van der Waals surface area contributed by atoms with Crippen LogP contribution in [0.5, 0.6) is 0 Å². The number of benzene rings is 2. The van der Waals surface area contributed by atoms with E-state index in [1.807, 2.05) is 33.8 Å². The van der Waals surface area contributed by atoms with Gasteiger partial charge in [-0.1, -0.05) is 35.3 Å². The number of hydrogen-bond donors (Lipinski definition) is 2. The summed E-state index contributed by atoms with van der Waals surface area (Å²) in [4.78, 5) is -0.207. The predicted octanol–water partition coefficient (Wildman–Crippen LogP) is 3.89. The third-order valence-corrected chi connectivity index (χ3v) is 7.83. The third kappa shape index (κ3) is 4.22. The molecule has 2 aromatic rings. The van der Waals surface area contributed by atoms with Crippen molar-refractivity contribution in [1.82, 2.24) is 0 Å². The first-order valence-corrected chi connectivity index (χ1v) is 11.6. The van der Waals surface area contributed by atoms with Gasteiger partial charge in [0.05, 0.1) is 28.5 Å². The number of nitrogens with one attached hydrogen (secondary N) is 1. The summed E-state index contributed by atoms with van der Waals surface area (Å²) in [6.07, 6.45) is 0. The van der Waals surface area contributed by atoms with Gasteiger partial charge in [-0.15, -0.1) is 0 Å². The summed E-state index contributed by atoms with van der Waals surface area (Å²) in [5.74, 6) is 0. The van der Waals surface area contributed by atoms with Gasteiger partial charge in [0.2, 0.25) is 0 Å². The van der Waals surface area contributed by atoms with E-state index in [9.17, 15) is 13.5 Å². The van der Waals surface area contributed by atoms with Crippen LogP contribution in [0.4, 0.5) is 5.69 Å². The number of anilines is 1. The number of halogens is 2. The Morgan fingerprint density at radius 2 is 1.70 bits per heavy atom. The highest BCUT2D eigenvalue weighted by Crippen LogP contribution is 2.37. The van der Waals surface area contributed by atoms with Crippen molar-refractivity contribution in [3.63, 3.8) is 0 Å². The van der Waals surface area contributed by atoms with Crippen molar-refractivity contribution in [2.24, 2.45) is 0 Å². The molecule has 0 unspecified atom stereocenters. The topological polar surface area (TPSA) is 84.9 Å². The zero-order valence-electron chi connectivity index (χ0n) is 17.4. The molecule has 2 aromatic carbocycles. The lowest BCUT2D eigenvalue weighted by Crippen LogP contribution is -2.41. The highest BCUT2D eigenvalue weighted by Gasteiger charge is 2.52. The SMILES string of the molecule is Cc1c(NS(=O)(=O)c2cc(Cl)cc(CO)c2Cl)cccc1B1OC(C)(C)C(C)(C)O1. The van der Waals surface area contributed by atoms with E-state index in [1.54, 1.807) is 19.1 Å². The molecule has 10 heteroatoms. The second-order valence-corrected chi connectivity index (χ2v) is 10.7. The van der Waals surface area contributed by atoms with Crippen LogP contribution in [0.1, 0.15) is 38.8 Å². The van der Waals surface area contributed by atoms with Gasteiger partial charge in [-0.25, -0.2) is 8.42 Å². The summed E-state index contributed by atoms with van der Waals surface area (Å²) < 4.78 is 40.8. The van der Waals surface area contributed by atoms with E-state index >= 15 is 0 Å². The van der Waals surface area contributed by atoms with Crippen LogP contribution in [0.25, 0.3) is 0 Å². The quantitative estimate of drug-likeness (QED) is 0.646. The first kappa shape index (κ1) is 23.4. The molecule has 6 nitrogen and oxygen atoms in total. The highest BCUT2D eigenvalue weighted by molar-refractivity contribution is 7.92. The molecule has 1 aliphatic rings. The maximum atomic E-state index is 13.0. The number of hydrogen-bond acceptors (Lipinski definition) is 5. The van der Waals surface area contributed by atoms with Crippen molar-refractivity contribution in [3.05, 3.63) is 51.5 Å². The monoisotopic (exact) mass is 471 g/mol. The molecule has 3 rings (SSSR count). The average Bonchev–Trinajstić information content (AvgIpc) is 2.85. The van der Waals surface area contributed by atoms with Gasteiger partial charge in [0.15, 0.2) is 0 Å². The molecule has 0 atom stereocenters. The van der Waals surface area contributed by atoms with Crippen molar-refractivity contribution in [2.45, 2.75) is 57.3 Å². The van der Waals surface area contributed by atoms with E-state index in [4.69, 9.17) is 32.5 Å². The van der Waals surface area contributed by atoms with Crippen molar-refractivity contribution in [2.75, 3.05) is 4.72 Å². The molecule has 0 radical (unpaired) electrons. The summed E-state index contributed by atoms with van der Waals surface area (Å²) in [5, 5.41) is 9.51. The smallest absolute Gasteiger partial charge is 0.399 e. The maximum absolute atomic E-state index is 13.0. The standard InChI is InChI=1S/C20H24BCl2NO5S/c1-12-15(21-28-19(2,3)20(4,5)29-21)7-6-8-16(12)24-30(26,27)17-10-14(22)9-13(11-25)18(17)23/h6-10,24-25H,11H2,1-5H3. The fourth-order valence-corrected chi connectivity index (χ4v) is 5.17. The number of sulfonamides is 1. The largest absolute Gasteiger partial charge is 0.495 e. The Kier molecular flexibility index (Phi) is 6.24. The molecule has 0 bridgehead atoms. The lowest BCUT2D eigenvalue weighted by atomic mass is 9.76. The minimum Gasteiger partial charge on any atom is -0.399 e. The van der Waals surface area contributed by atoms with Gasteiger partial charge in [0.1, 0.15) is 4.90 Å². The third-order valence-electron chi connectivity index (χ3n) is 5.67. The molecule has 0 saturated carbocycles. The molecule has 1 fully saturated rings. The lowest BCUT2D eigenvalue weighted by Gasteiger charge is -2.32. The molecular formula is C20H24BCl2NO5S. The molecule has 30 heavy (non-hydrogen) atoms. The zero-order chi connectivity index (χ0) is 22.5. The molecule has 1 heterocycles. The van der Waals surface area contributed by atoms with Crippen molar-refractivity contribution < 1.29 is 22.8 Å². The van der Waals surface area contributed by atoms with Gasteiger partial charge in [-0.05, 0) is 69.4 Å². The van der Waals surface area contributed by atoms with E-state index in [0.717, 1.165) is 5.46 Å². The summed E-state index contributed by atoms with van der Waals surface area (Å²) >= 11 is 12.2. The Morgan fingerprint density at radius 1 is 1.10 bits per heavy atom. The van der Waals surface area contributed by atoms with E-state index in [1.165, 1.54) is 12.1 Å². The zero-order valence-corrected chi connectivity index (χ0v) is 19.7. The van der Waals surface area contributed by atoms with Gasteiger partial charge in [0.25, 0.3) is 10.0 Å². The van der Waals surface area contributed by atoms with Crippen LogP contribution in [0, 0.1) is 6.92 Å². The second kappa shape index (κ2) is 8.00. The van der Waals surface area contributed by atoms with Gasteiger partial charge in [-0.3, -0.25) is 4.72 Å².